The molecule has 0 aliphatic heterocycles. The van der Waals surface area contributed by atoms with Crippen LogP contribution in [0.3, 0.4) is 0 Å². The predicted molar refractivity (Wildman–Crippen MR) is 84.3 cm³/mol. The molecular formula is C16H21N3O. The fraction of sp³-hybridized carbons (Fsp3) is 0.312. The van der Waals surface area contributed by atoms with Gasteiger partial charge in [-0.15, -0.1) is 0 Å². The minimum absolute atomic E-state index is 0.00626. The summed E-state index contributed by atoms with van der Waals surface area (Å²) in [5.74, 6) is 0.00626. The van der Waals surface area contributed by atoms with E-state index in [1.54, 1.807) is 6.92 Å². The Morgan fingerprint density at radius 2 is 1.75 bits per heavy atom. The number of hydrogen-bond donors (Lipinski definition) is 1. The van der Waals surface area contributed by atoms with E-state index in [1.807, 2.05) is 61.8 Å². The SMILES string of the molecule is CC(=O)c1c(N)c(-c2ccc(N(C)C)cc2)n(C)c1C. The average molecular weight is 271 g/mol. The fourth-order valence-corrected chi connectivity index (χ4v) is 2.54. The minimum atomic E-state index is 0.00626. The molecule has 0 radical (unpaired) electrons. The van der Waals surface area contributed by atoms with Gasteiger partial charge in [0.2, 0.25) is 0 Å². The molecule has 0 amide bonds. The Balaban J connectivity index is 2.58. The maximum Gasteiger partial charge on any atom is 0.163 e. The number of Topliss-reactive ketones (excluding diaryl/α,β-unsaturated/α-hetero) is 1. The van der Waals surface area contributed by atoms with Crippen molar-refractivity contribution < 1.29 is 4.79 Å². The number of hydrogen-bond acceptors (Lipinski definition) is 3. The van der Waals surface area contributed by atoms with Crippen molar-refractivity contribution in [3.8, 4) is 11.3 Å². The van der Waals surface area contributed by atoms with Crippen LogP contribution in [-0.2, 0) is 7.05 Å². The van der Waals surface area contributed by atoms with Gasteiger partial charge in [-0.3, -0.25) is 4.79 Å². The van der Waals surface area contributed by atoms with Crippen LogP contribution < -0.4 is 10.6 Å². The number of nitrogens with zero attached hydrogens (tertiary/aromatic N) is 2. The molecule has 0 aliphatic rings. The first kappa shape index (κ1) is 14.2. The molecule has 0 atom stereocenters. The average Bonchev–Trinajstić information content (AvgIpc) is 2.60. The molecule has 1 aromatic carbocycles. The summed E-state index contributed by atoms with van der Waals surface area (Å²) in [7, 11) is 5.95. The van der Waals surface area contributed by atoms with Crippen LogP contribution in [0.2, 0.25) is 0 Å². The summed E-state index contributed by atoms with van der Waals surface area (Å²) in [6.45, 7) is 3.47. The Bertz CT molecular complexity index is 651. The van der Waals surface area contributed by atoms with Crippen molar-refractivity contribution in [2.24, 2.45) is 7.05 Å². The molecule has 0 bridgehead atoms. The Hall–Kier alpha value is -2.23. The molecule has 106 valence electrons. The summed E-state index contributed by atoms with van der Waals surface area (Å²) >= 11 is 0. The molecule has 2 rings (SSSR count). The van der Waals surface area contributed by atoms with Crippen LogP contribution in [0.15, 0.2) is 24.3 Å². The van der Waals surface area contributed by atoms with Crippen molar-refractivity contribution in [3.05, 3.63) is 35.5 Å². The Labute approximate surface area is 119 Å². The van der Waals surface area contributed by atoms with Crippen molar-refractivity contribution >= 4 is 17.2 Å². The zero-order valence-corrected chi connectivity index (χ0v) is 12.7. The van der Waals surface area contributed by atoms with Gasteiger partial charge in [-0.25, -0.2) is 0 Å². The van der Waals surface area contributed by atoms with Crippen LogP contribution in [-0.4, -0.2) is 24.4 Å². The molecule has 0 fully saturated rings. The van der Waals surface area contributed by atoms with E-state index in [-0.39, 0.29) is 5.78 Å². The van der Waals surface area contributed by atoms with Crippen LogP contribution >= 0.6 is 0 Å². The second kappa shape index (κ2) is 5.04. The molecule has 2 N–H and O–H groups in total. The summed E-state index contributed by atoms with van der Waals surface area (Å²) in [4.78, 5) is 13.8. The first-order chi connectivity index (χ1) is 9.34. The molecule has 1 heterocycles. The molecule has 20 heavy (non-hydrogen) atoms. The predicted octanol–water partition coefficient (Wildman–Crippen LogP) is 2.85. The highest BCUT2D eigenvalue weighted by molar-refractivity contribution is 6.04. The highest BCUT2D eigenvalue weighted by Gasteiger charge is 2.20. The fourth-order valence-electron chi connectivity index (χ4n) is 2.54. The maximum atomic E-state index is 11.7. The van der Waals surface area contributed by atoms with E-state index in [9.17, 15) is 4.79 Å². The molecule has 2 aromatic rings. The number of ketones is 1. The number of anilines is 2. The lowest BCUT2D eigenvalue weighted by molar-refractivity contribution is 0.101. The van der Waals surface area contributed by atoms with Gasteiger partial charge in [0.1, 0.15) is 0 Å². The topological polar surface area (TPSA) is 51.3 Å². The van der Waals surface area contributed by atoms with Gasteiger partial charge in [0.05, 0.1) is 16.9 Å². The van der Waals surface area contributed by atoms with E-state index < -0.39 is 0 Å². The Kier molecular flexibility index (Phi) is 3.57. The van der Waals surface area contributed by atoms with Crippen molar-refractivity contribution in [3.63, 3.8) is 0 Å². The van der Waals surface area contributed by atoms with E-state index >= 15 is 0 Å². The van der Waals surface area contributed by atoms with Gasteiger partial charge in [0, 0.05) is 38.1 Å². The number of rotatable bonds is 3. The van der Waals surface area contributed by atoms with Crippen molar-refractivity contribution in [2.45, 2.75) is 13.8 Å². The lowest BCUT2D eigenvalue weighted by Crippen LogP contribution is -2.08. The van der Waals surface area contributed by atoms with E-state index in [2.05, 4.69) is 0 Å². The lowest BCUT2D eigenvalue weighted by atomic mass is 10.1. The Morgan fingerprint density at radius 3 is 2.15 bits per heavy atom. The van der Waals surface area contributed by atoms with Gasteiger partial charge in [-0.2, -0.15) is 0 Å². The van der Waals surface area contributed by atoms with Gasteiger partial charge in [0.15, 0.2) is 5.78 Å². The largest absolute Gasteiger partial charge is 0.396 e. The highest BCUT2D eigenvalue weighted by Crippen LogP contribution is 2.34. The van der Waals surface area contributed by atoms with Gasteiger partial charge >= 0.3 is 0 Å². The molecule has 0 spiro atoms. The molecular weight excluding hydrogens is 250 g/mol. The van der Waals surface area contributed by atoms with Gasteiger partial charge < -0.3 is 15.2 Å². The second-order valence-corrected chi connectivity index (χ2v) is 5.28. The monoisotopic (exact) mass is 271 g/mol. The number of carbonyl (C=O) groups excluding carboxylic acids is 1. The zero-order valence-electron chi connectivity index (χ0n) is 12.7. The van der Waals surface area contributed by atoms with Crippen LogP contribution in [0.4, 0.5) is 11.4 Å². The summed E-state index contributed by atoms with van der Waals surface area (Å²) in [6.07, 6.45) is 0. The van der Waals surface area contributed by atoms with Crippen LogP contribution in [0.25, 0.3) is 11.3 Å². The standard InChI is InChI=1S/C16H21N3O/c1-10-14(11(2)20)15(17)16(19(10)5)12-6-8-13(9-7-12)18(3)4/h6-9H,17H2,1-5H3. The maximum absolute atomic E-state index is 11.7. The molecule has 0 saturated heterocycles. The van der Waals surface area contributed by atoms with E-state index in [1.165, 1.54) is 0 Å². The number of carbonyl (C=O) groups is 1. The highest BCUT2D eigenvalue weighted by atomic mass is 16.1. The third-order valence-corrected chi connectivity index (χ3v) is 3.73. The molecule has 0 saturated carbocycles. The third-order valence-electron chi connectivity index (χ3n) is 3.73. The summed E-state index contributed by atoms with van der Waals surface area (Å²) < 4.78 is 1.98. The van der Waals surface area contributed by atoms with E-state index in [0.29, 0.717) is 11.3 Å². The van der Waals surface area contributed by atoms with Crippen LogP contribution in [0.1, 0.15) is 23.0 Å². The molecule has 0 unspecified atom stereocenters. The number of benzene rings is 1. The number of nitrogen functional groups attached to an aromatic ring is 1. The number of aromatic nitrogens is 1. The van der Waals surface area contributed by atoms with Crippen LogP contribution in [0, 0.1) is 6.92 Å². The zero-order chi connectivity index (χ0) is 15.0. The lowest BCUT2D eigenvalue weighted by Gasteiger charge is -2.13. The van der Waals surface area contributed by atoms with Crippen molar-refractivity contribution in [1.29, 1.82) is 0 Å². The van der Waals surface area contributed by atoms with E-state index in [4.69, 9.17) is 5.73 Å². The normalized spacial score (nSPS) is 10.7. The summed E-state index contributed by atoms with van der Waals surface area (Å²) in [5.41, 5.74) is 11.3. The first-order valence-electron chi connectivity index (χ1n) is 6.58. The molecule has 1 aromatic heterocycles. The van der Waals surface area contributed by atoms with Gasteiger partial charge in [0.25, 0.3) is 0 Å². The van der Waals surface area contributed by atoms with Crippen molar-refractivity contribution in [2.75, 3.05) is 24.7 Å². The van der Waals surface area contributed by atoms with Gasteiger partial charge in [-0.1, -0.05) is 12.1 Å². The second-order valence-electron chi connectivity index (χ2n) is 5.28. The Morgan fingerprint density at radius 1 is 1.20 bits per heavy atom. The first-order valence-corrected chi connectivity index (χ1v) is 6.58. The molecule has 4 heteroatoms. The van der Waals surface area contributed by atoms with Crippen LogP contribution in [0.5, 0.6) is 0 Å². The number of nitrogens with two attached hydrogens (primary N) is 1. The molecule has 0 aliphatic carbocycles. The van der Waals surface area contributed by atoms with Gasteiger partial charge in [-0.05, 0) is 26.0 Å². The summed E-state index contributed by atoms with van der Waals surface area (Å²) in [6, 6.07) is 8.16. The quantitative estimate of drug-likeness (QED) is 0.873. The van der Waals surface area contributed by atoms with Crippen molar-refractivity contribution in [1.82, 2.24) is 4.57 Å². The smallest absolute Gasteiger partial charge is 0.163 e. The molecule has 4 nitrogen and oxygen atoms in total. The summed E-state index contributed by atoms with van der Waals surface area (Å²) in [5, 5.41) is 0. The van der Waals surface area contributed by atoms with E-state index in [0.717, 1.165) is 22.6 Å². The minimum Gasteiger partial charge on any atom is -0.396 e. The third kappa shape index (κ3) is 2.18.